The van der Waals surface area contributed by atoms with E-state index in [1.165, 1.54) is 0 Å². The zero-order valence-electron chi connectivity index (χ0n) is 11.5. The SMILES string of the molecule is CCOc1cncc(C(Cc2nc(C)cs2)NC)c1. The number of aryl methyl sites for hydroxylation is 1. The van der Waals surface area contributed by atoms with Gasteiger partial charge in [0.1, 0.15) is 5.75 Å². The van der Waals surface area contributed by atoms with E-state index in [-0.39, 0.29) is 6.04 Å². The van der Waals surface area contributed by atoms with Crippen LogP contribution in [-0.2, 0) is 6.42 Å². The summed E-state index contributed by atoms with van der Waals surface area (Å²) in [5, 5.41) is 6.53. The van der Waals surface area contributed by atoms with Gasteiger partial charge in [0.05, 0.1) is 17.8 Å². The van der Waals surface area contributed by atoms with Crippen molar-refractivity contribution in [3.05, 3.63) is 40.1 Å². The van der Waals surface area contributed by atoms with Gasteiger partial charge < -0.3 is 10.1 Å². The summed E-state index contributed by atoms with van der Waals surface area (Å²) in [6, 6.07) is 2.25. The Morgan fingerprint density at radius 2 is 2.26 bits per heavy atom. The summed E-state index contributed by atoms with van der Waals surface area (Å²) in [6.45, 7) is 4.65. The molecule has 1 atom stereocenters. The van der Waals surface area contributed by atoms with E-state index in [1.54, 1.807) is 17.5 Å². The summed E-state index contributed by atoms with van der Waals surface area (Å²) in [5.41, 5.74) is 2.21. The summed E-state index contributed by atoms with van der Waals surface area (Å²) in [6.07, 6.45) is 4.49. The van der Waals surface area contributed by atoms with Crippen LogP contribution in [0.1, 0.15) is 29.2 Å². The van der Waals surface area contributed by atoms with Gasteiger partial charge in [0, 0.05) is 29.7 Å². The molecule has 2 aromatic heterocycles. The molecule has 0 amide bonds. The van der Waals surface area contributed by atoms with Crippen molar-refractivity contribution in [3.63, 3.8) is 0 Å². The first-order valence-electron chi connectivity index (χ1n) is 6.39. The highest BCUT2D eigenvalue weighted by molar-refractivity contribution is 7.09. The third-order valence-electron chi connectivity index (χ3n) is 2.84. The highest BCUT2D eigenvalue weighted by Gasteiger charge is 2.13. The Kier molecular flexibility index (Phi) is 4.87. The fraction of sp³-hybridized carbons (Fsp3) is 0.429. The molecule has 1 unspecified atom stereocenters. The molecule has 0 aliphatic heterocycles. The molecule has 0 bridgehead atoms. The molecule has 4 nitrogen and oxygen atoms in total. The Bertz CT molecular complexity index is 527. The van der Waals surface area contributed by atoms with Gasteiger partial charge in [0.25, 0.3) is 0 Å². The Morgan fingerprint density at radius 3 is 2.89 bits per heavy atom. The second-order valence-corrected chi connectivity index (χ2v) is 5.26. The summed E-state index contributed by atoms with van der Waals surface area (Å²) < 4.78 is 5.49. The molecule has 0 aliphatic rings. The lowest BCUT2D eigenvalue weighted by Crippen LogP contribution is -2.19. The third-order valence-corrected chi connectivity index (χ3v) is 3.83. The van der Waals surface area contributed by atoms with Gasteiger partial charge in [0.15, 0.2) is 0 Å². The van der Waals surface area contributed by atoms with Crippen molar-refractivity contribution >= 4 is 11.3 Å². The second-order valence-electron chi connectivity index (χ2n) is 4.32. The molecule has 102 valence electrons. The third kappa shape index (κ3) is 3.75. The van der Waals surface area contributed by atoms with Gasteiger partial charge in [-0.1, -0.05) is 0 Å². The molecule has 0 spiro atoms. The zero-order chi connectivity index (χ0) is 13.7. The summed E-state index contributed by atoms with van der Waals surface area (Å²) in [7, 11) is 1.96. The topological polar surface area (TPSA) is 47.0 Å². The molecular weight excluding hydrogens is 258 g/mol. The van der Waals surface area contributed by atoms with Crippen molar-refractivity contribution in [1.29, 1.82) is 0 Å². The maximum absolute atomic E-state index is 5.49. The van der Waals surface area contributed by atoms with Gasteiger partial charge in [-0.2, -0.15) is 0 Å². The largest absolute Gasteiger partial charge is 0.492 e. The van der Waals surface area contributed by atoms with Crippen LogP contribution in [0.15, 0.2) is 23.8 Å². The molecule has 0 saturated heterocycles. The minimum absolute atomic E-state index is 0.207. The van der Waals surface area contributed by atoms with E-state index >= 15 is 0 Å². The Morgan fingerprint density at radius 1 is 1.42 bits per heavy atom. The molecule has 19 heavy (non-hydrogen) atoms. The van der Waals surface area contributed by atoms with Gasteiger partial charge in [-0.25, -0.2) is 4.98 Å². The number of nitrogens with zero attached hydrogens (tertiary/aromatic N) is 2. The predicted octanol–water partition coefficient (Wildman–Crippen LogP) is 2.75. The Hall–Kier alpha value is -1.46. The molecule has 5 heteroatoms. The lowest BCUT2D eigenvalue weighted by molar-refractivity contribution is 0.338. The summed E-state index contributed by atoms with van der Waals surface area (Å²) >= 11 is 1.70. The average Bonchev–Trinajstić information content (AvgIpc) is 2.82. The second kappa shape index (κ2) is 6.63. The maximum Gasteiger partial charge on any atom is 0.137 e. The van der Waals surface area contributed by atoms with Crippen molar-refractivity contribution in [2.24, 2.45) is 0 Å². The summed E-state index contributed by atoms with van der Waals surface area (Å²) in [5.74, 6) is 0.815. The van der Waals surface area contributed by atoms with E-state index in [2.05, 4.69) is 20.7 Å². The molecule has 0 aromatic carbocycles. The molecule has 2 heterocycles. The van der Waals surface area contributed by atoms with E-state index < -0.39 is 0 Å². The number of ether oxygens (including phenoxy) is 1. The van der Waals surface area contributed by atoms with Crippen LogP contribution in [0.2, 0.25) is 0 Å². The molecule has 0 aliphatic carbocycles. The zero-order valence-corrected chi connectivity index (χ0v) is 12.3. The van der Waals surface area contributed by atoms with E-state index in [4.69, 9.17) is 4.74 Å². The molecule has 2 rings (SSSR count). The van der Waals surface area contributed by atoms with Crippen LogP contribution in [-0.4, -0.2) is 23.6 Å². The monoisotopic (exact) mass is 277 g/mol. The molecule has 0 fully saturated rings. The number of nitrogens with one attached hydrogen (secondary N) is 1. The number of pyridine rings is 1. The smallest absolute Gasteiger partial charge is 0.137 e. The molecule has 0 radical (unpaired) electrons. The predicted molar refractivity (Wildman–Crippen MR) is 77.8 cm³/mol. The quantitative estimate of drug-likeness (QED) is 0.882. The van der Waals surface area contributed by atoms with Gasteiger partial charge in [-0.05, 0) is 32.5 Å². The van der Waals surface area contributed by atoms with Crippen molar-refractivity contribution in [2.45, 2.75) is 26.3 Å². The van der Waals surface area contributed by atoms with Crippen molar-refractivity contribution in [1.82, 2.24) is 15.3 Å². The van der Waals surface area contributed by atoms with Crippen LogP contribution in [0.3, 0.4) is 0 Å². The lowest BCUT2D eigenvalue weighted by atomic mass is 10.1. The van der Waals surface area contributed by atoms with Crippen molar-refractivity contribution < 1.29 is 4.74 Å². The number of rotatable bonds is 6. The van der Waals surface area contributed by atoms with E-state index in [9.17, 15) is 0 Å². The van der Waals surface area contributed by atoms with Gasteiger partial charge in [-0.3, -0.25) is 4.98 Å². The highest BCUT2D eigenvalue weighted by Crippen LogP contribution is 2.22. The first kappa shape index (κ1) is 14.0. The molecule has 1 N–H and O–H groups in total. The Labute approximate surface area is 117 Å². The van der Waals surface area contributed by atoms with Crippen LogP contribution in [0.25, 0.3) is 0 Å². The summed E-state index contributed by atoms with van der Waals surface area (Å²) in [4.78, 5) is 8.75. The standard InChI is InChI=1S/C14H19N3OS/c1-4-18-12-5-11(7-16-8-12)13(15-3)6-14-17-10(2)9-19-14/h5,7-9,13,15H,4,6H2,1-3H3. The van der Waals surface area contributed by atoms with Crippen molar-refractivity contribution in [3.8, 4) is 5.75 Å². The van der Waals surface area contributed by atoms with Crippen molar-refractivity contribution in [2.75, 3.05) is 13.7 Å². The van der Waals surface area contributed by atoms with E-state index in [1.807, 2.05) is 33.2 Å². The number of aromatic nitrogens is 2. The number of likely N-dealkylation sites (N-methyl/N-ethyl adjacent to an activating group) is 1. The highest BCUT2D eigenvalue weighted by atomic mass is 32.1. The van der Waals surface area contributed by atoms with E-state index in [0.29, 0.717) is 6.61 Å². The van der Waals surface area contributed by atoms with E-state index in [0.717, 1.165) is 28.4 Å². The van der Waals surface area contributed by atoms with Crippen LogP contribution >= 0.6 is 11.3 Å². The van der Waals surface area contributed by atoms with Crippen LogP contribution in [0, 0.1) is 6.92 Å². The molecule has 0 saturated carbocycles. The number of hydrogen-bond acceptors (Lipinski definition) is 5. The maximum atomic E-state index is 5.49. The minimum atomic E-state index is 0.207. The lowest BCUT2D eigenvalue weighted by Gasteiger charge is -2.15. The van der Waals surface area contributed by atoms with Crippen LogP contribution < -0.4 is 10.1 Å². The minimum Gasteiger partial charge on any atom is -0.492 e. The first-order chi connectivity index (χ1) is 9.22. The normalized spacial score (nSPS) is 12.4. The number of hydrogen-bond donors (Lipinski definition) is 1. The van der Waals surface area contributed by atoms with Gasteiger partial charge in [0.2, 0.25) is 0 Å². The molecular formula is C14H19N3OS. The van der Waals surface area contributed by atoms with Crippen LogP contribution in [0.5, 0.6) is 5.75 Å². The average molecular weight is 277 g/mol. The van der Waals surface area contributed by atoms with Gasteiger partial charge in [-0.15, -0.1) is 11.3 Å². The molecule has 2 aromatic rings. The van der Waals surface area contributed by atoms with Crippen LogP contribution in [0.4, 0.5) is 0 Å². The fourth-order valence-electron chi connectivity index (χ4n) is 1.93. The Balaban J connectivity index is 2.14. The first-order valence-corrected chi connectivity index (χ1v) is 7.27. The fourth-order valence-corrected chi connectivity index (χ4v) is 2.75. The number of thiazole rings is 1. The van der Waals surface area contributed by atoms with Gasteiger partial charge >= 0.3 is 0 Å².